The zero-order valence-electron chi connectivity index (χ0n) is 20.3. The van der Waals surface area contributed by atoms with Gasteiger partial charge in [-0.15, -0.1) is 0 Å². The van der Waals surface area contributed by atoms with Crippen LogP contribution in [0.15, 0.2) is 53.1 Å². The summed E-state index contributed by atoms with van der Waals surface area (Å²) in [6.45, 7) is 5.49. The molecular weight excluding hydrogens is 442 g/mol. The summed E-state index contributed by atoms with van der Waals surface area (Å²) in [5.74, 6) is 1.18. The predicted molar refractivity (Wildman–Crippen MR) is 131 cm³/mol. The van der Waals surface area contributed by atoms with Crippen LogP contribution >= 0.6 is 0 Å². The third-order valence-corrected chi connectivity index (χ3v) is 6.60. The second-order valence-corrected chi connectivity index (χ2v) is 9.40. The number of amides is 2. The maximum absolute atomic E-state index is 13.2. The van der Waals surface area contributed by atoms with Crippen molar-refractivity contribution in [1.82, 2.24) is 15.2 Å². The molecule has 182 valence electrons. The van der Waals surface area contributed by atoms with Gasteiger partial charge in [0.1, 0.15) is 12.0 Å². The molecule has 0 radical (unpaired) electrons. The molecule has 0 bridgehead atoms. The molecule has 1 unspecified atom stereocenters. The van der Waals surface area contributed by atoms with Gasteiger partial charge in [0.05, 0.1) is 6.04 Å². The Kier molecular flexibility index (Phi) is 6.57. The Morgan fingerprint density at radius 3 is 2.83 bits per heavy atom. The van der Waals surface area contributed by atoms with Gasteiger partial charge in [-0.25, -0.2) is 4.98 Å². The quantitative estimate of drug-likeness (QED) is 0.517. The molecule has 7 heteroatoms. The standard InChI is InChI=1S/C28H31N3O4/c1-3-12-29-27(32)24-16-35-25(30-24)17-34-22-10-9-19-11-13-31(28(33)20-7-8-20)26(23(19)15-22)21-6-4-5-18(2)14-21/h4-6,9-10,14-16,20,26H,3,7-8,11-13,17H2,1-2H3,(H,29,32). The molecule has 0 saturated heterocycles. The van der Waals surface area contributed by atoms with Gasteiger partial charge in [-0.1, -0.05) is 42.8 Å². The third kappa shape index (κ3) is 5.09. The van der Waals surface area contributed by atoms with E-state index in [2.05, 4.69) is 47.6 Å². The minimum atomic E-state index is -0.253. The molecule has 1 aromatic heterocycles. The lowest BCUT2D eigenvalue weighted by Gasteiger charge is -2.38. The molecular formula is C28H31N3O4. The summed E-state index contributed by atoms with van der Waals surface area (Å²) in [6.07, 6.45) is 5.00. The number of aromatic nitrogens is 1. The minimum Gasteiger partial charge on any atom is -0.484 e. The Hall–Kier alpha value is -3.61. The van der Waals surface area contributed by atoms with Gasteiger partial charge < -0.3 is 19.4 Å². The van der Waals surface area contributed by atoms with Gasteiger partial charge in [-0.05, 0) is 61.4 Å². The van der Waals surface area contributed by atoms with Crippen molar-refractivity contribution in [3.8, 4) is 5.75 Å². The van der Waals surface area contributed by atoms with E-state index in [4.69, 9.17) is 9.15 Å². The average Bonchev–Trinajstić information content (AvgIpc) is 3.62. The number of rotatable bonds is 8. The molecule has 2 heterocycles. The lowest BCUT2D eigenvalue weighted by molar-refractivity contribution is -0.134. The minimum absolute atomic E-state index is 0.111. The van der Waals surface area contributed by atoms with Crippen molar-refractivity contribution in [2.75, 3.05) is 13.1 Å². The van der Waals surface area contributed by atoms with E-state index < -0.39 is 0 Å². The number of hydrogen-bond donors (Lipinski definition) is 1. The van der Waals surface area contributed by atoms with Gasteiger partial charge in [0.2, 0.25) is 11.8 Å². The van der Waals surface area contributed by atoms with Crippen LogP contribution in [0.25, 0.3) is 0 Å². The lowest BCUT2D eigenvalue weighted by Crippen LogP contribution is -2.41. The number of fused-ring (bicyclic) bond motifs is 1. The summed E-state index contributed by atoms with van der Waals surface area (Å²) in [7, 11) is 0. The fourth-order valence-corrected chi connectivity index (χ4v) is 4.64. The first-order valence-corrected chi connectivity index (χ1v) is 12.4. The summed E-state index contributed by atoms with van der Waals surface area (Å²) in [6, 6.07) is 14.3. The summed E-state index contributed by atoms with van der Waals surface area (Å²) in [4.78, 5) is 31.6. The largest absolute Gasteiger partial charge is 0.484 e. The van der Waals surface area contributed by atoms with Crippen LogP contribution in [0.2, 0.25) is 0 Å². The maximum atomic E-state index is 13.2. The predicted octanol–water partition coefficient (Wildman–Crippen LogP) is 4.59. The molecule has 1 aliphatic heterocycles. The normalized spacial score (nSPS) is 17.1. The van der Waals surface area contributed by atoms with Crippen molar-refractivity contribution < 1.29 is 18.7 Å². The fourth-order valence-electron chi connectivity index (χ4n) is 4.64. The Morgan fingerprint density at radius 2 is 2.06 bits per heavy atom. The summed E-state index contributed by atoms with van der Waals surface area (Å²) >= 11 is 0. The van der Waals surface area contributed by atoms with E-state index in [0.29, 0.717) is 18.2 Å². The summed E-state index contributed by atoms with van der Waals surface area (Å²) in [5, 5.41) is 2.79. The van der Waals surface area contributed by atoms with Crippen molar-refractivity contribution in [2.24, 2.45) is 5.92 Å². The number of hydrogen-bond acceptors (Lipinski definition) is 5. The molecule has 35 heavy (non-hydrogen) atoms. The topological polar surface area (TPSA) is 84.7 Å². The molecule has 5 rings (SSSR count). The number of aryl methyl sites for hydroxylation is 1. The molecule has 1 N–H and O–H groups in total. The summed E-state index contributed by atoms with van der Waals surface area (Å²) in [5.41, 5.74) is 4.86. The number of carbonyl (C=O) groups is 2. The van der Waals surface area contributed by atoms with Crippen LogP contribution < -0.4 is 10.1 Å². The summed E-state index contributed by atoms with van der Waals surface area (Å²) < 4.78 is 11.4. The molecule has 1 atom stereocenters. The van der Waals surface area contributed by atoms with Gasteiger partial charge in [0.25, 0.3) is 5.91 Å². The number of ether oxygens (including phenoxy) is 1. The highest BCUT2D eigenvalue weighted by molar-refractivity contribution is 5.91. The van der Waals surface area contributed by atoms with Crippen LogP contribution in [0, 0.1) is 12.8 Å². The van der Waals surface area contributed by atoms with Crippen LogP contribution in [0.1, 0.15) is 70.9 Å². The van der Waals surface area contributed by atoms with Gasteiger partial charge in [-0.2, -0.15) is 0 Å². The van der Waals surface area contributed by atoms with Gasteiger partial charge in [0, 0.05) is 19.0 Å². The first-order chi connectivity index (χ1) is 17.0. The molecule has 2 amide bonds. The Morgan fingerprint density at radius 1 is 1.20 bits per heavy atom. The smallest absolute Gasteiger partial charge is 0.273 e. The average molecular weight is 474 g/mol. The highest BCUT2D eigenvalue weighted by Gasteiger charge is 2.39. The van der Waals surface area contributed by atoms with Crippen LogP contribution in [0.3, 0.4) is 0 Å². The van der Waals surface area contributed by atoms with E-state index >= 15 is 0 Å². The zero-order chi connectivity index (χ0) is 24.4. The van der Waals surface area contributed by atoms with E-state index in [0.717, 1.165) is 43.4 Å². The highest BCUT2D eigenvalue weighted by Crippen LogP contribution is 2.41. The van der Waals surface area contributed by atoms with Crippen LogP contribution in [-0.4, -0.2) is 34.8 Å². The molecule has 1 aliphatic carbocycles. The van der Waals surface area contributed by atoms with E-state index in [9.17, 15) is 9.59 Å². The second kappa shape index (κ2) is 9.94. The van der Waals surface area contributed by atoms with Crippen molar-refractivity contribution in [2.45, 2.75) is 52.2 Å². The van der Waals surface area contributed by atoms with Crippen LogP contribution in [0.4, 0.5) is 0 Å². The molecule has 2 aliphatic rings. The number of oxazole rings is 1. The highest BCUT2D eigenvalue weighted by atomic mass is 16.5. The molecule has 1 fully saturated rings. The monoisotopic (exact) mass is 473 g/mol. The molecule has 7 nitrogen and oxygen atoms in total. The van der Waals surface area contributed by atoms with Crippen molar-refractivity contribution in [3.05, 3.63) is 82.6 Å². The fraction of sp³-hybridized carbons (Fsp3) is 0.393. The van der Waals surface area contributed by atoms with Gasteiger partial charge in [-0.3, -0.25) is 9.59 Å². The lowest BCUT2D eigenvalue weighted by atomic mass is 9.87. The Labute approximate surface area is 205 Å². The van der Waals surface area contributed by atoms with Crippen LogP contribution in [-0.2, 0) is 17.8 Å². The first kappa shape index (κ1) is 23.1. The third-order valence-electron chi connectivity index (χ3n) is 6.60. The number of nitrogens with zero attached hydrogens (tertiary/aromatic N) is 2. The molecule has 1 saturated carbocycles. The van der Waals surface area contributed by atoms with Gasteiger partial charge >= 0.3 is 0 Å². The van der Waals surface area contributed by atoms with E-state index in [-0.39, 0.29) is 36.1 Å². The van der Waals surface area contributed by atoms with Crippen molar-refractivity contribution in [3.63, 3.8) is 0 Å². The SMILES string of the molecule is CCCNC(=O)c1coc(COc2ccc3c(c2)C(c2cccc(C)c2)N(C(=O)C2CC2)CC3)n1. The molecule has 0 spiro atoms. The Bertz CT molecular complexity index is 1230. The number of nitrogens with one attached hydrogen (secondary N) is 1. The number of carbonyl (C=O) groups excluding carboxylic acids is 2. The van der Waals surface area contributed by atoms with Crippen molar-refractivity contribution in [1.29, 1.82) is 0 Å². The van der Waals surface area contributed by atoms with E-state index in [1.54, 1.807) is 0 Å². The molecule has 3 aromatic rings. The second-order valence-electron chi connectivity index (χ2n) is 9.40. The van der Waals surface area contributed by atoms with E-state index in [1.165, 1.54) is 17.4 Å². The number of benzene rings is 2. The van der Waals surface area contributed by atoms with E-state index in [1.807, 2.05) is 24.0 Å². The zero-order valence-corrected chi connectivity index (χ0v) is 20.3. The maximum Gasteiger partial charge on any atom is 0.273 e. The Balaban J connectivity index is 1.38. The first-order valence-electron chi connectivity index (χ1n) is 12.4. The van der Waals surface area contributed by atoms with Gasteiger partial charge in [0.15, 0.2) is 12.3 Å². The van der Waals surface area contributed by atoms with Crippen LogP contribution in [0.5, 0.6) is 5.75 Å². The molecule has 2 aromatic carbocycles. The van der Waals surface area contributed by atoms with Crippen molar-refractivity contribution >= 4 is 11.8 Å².